The summed E-state index contributed by atoms with van der Waals surface area (Å²) >= 11 is 3.43. The van der Waals surface area contributed by atoms with Gasteiger partial charge in [-0.3, -0.25) is 4.98 Å². The Labute approximate surface area is 107 Å². The summed E-state index contributed by atoms with van der Waals surface area (Å²) in [6, 6.07) is 10.4. The van der Waals surface area contributed by atoms with Crippen LogP contribution in [-0.4, -0.2) is 11.6 Å². The van der Waals surface area contributed by atoms with Gasteiger partial charge in [-0.05, 0) is 29.8 Å². The molecule has 0 aliphatic carbocycles. The second kappa shape index (κ2) is 4.34. The third-order valence-electron chi connectivity index (χ3n) is 2.72. The van der Waals surface area contributed by atoms with Gasteiger partial charge < -0.3 is 4.74 Å². The van der Waals surface area contributed by atoms with E-state index in [1.807, 2.05) is 24.4 Å². The monoisotopic (exact) mass is 287 g/mol. The number of hydrogen-bond donors (Lipinski definition) is 0. The van der Waals surface area contributed by atoms with E-state index in [1.165, 1.54) is 5.56 Å². The number of rotatable bonds is 1. The lowest BCUT2D eigenvalue weighted by molar-refractivity contribution is 0.345. The van der Waals surface area contributed by atoms with Crippen molar-refractivity contribution in [2.24, 2.45) is 0 Å². The Bertz CT molecular complexity index is 662. The molecule has 1 aliphatic rings. The molecule has 0 fully saturated rings. The van der Waals surface area contributed by atoms with Crippen LogP contribution in [0.5, 0.6) is 0 Å². The van der Waals surface area contributed by atoms with Crippen molar-refractivity contribution < 1.29 is 4.74 Å². The van der Waals surface area contributed by atoms with E-state index < -0.39 is 0 Å². The summed E-state index contributed by atoms with van der Waals surface area (Å²) in [6.45, 7) is 0.623. The molecule has 2 heterocycles. The Morgan fingerprint density at radius 2 is 1.94 bits per heavy atom. The molecule has 0 amide bonds. The van der Waals surface area contributed by atoms with Gasteiger partial charge in [0.15, 0.2) is 0 Å². The second-order valence-corrected chi connectivity index (χ2v) is 4.78. The fourth-order valence-corrected chi connectivity index (χ4v) is 2.08. The van der Waals surface area contributed by atoms with Gasteiger partial charge in [0.25, 0.3) is 0 Å². The van der Waals surface area contributed by atoms with Gasteiger partial charge in [-0.1, -0.05) is 28.1 Å². The molecule has 1 aromatic heterocycles. The number of aromatic nitrogens is 1. The van der Waals surface area contributed by atoms with Crippen molar-refractivity contribution in [1.29, 1.82) is 0 Å². The van der Waals surface area contributed by atoms with Crippen molar-refractivity contribution in [3.8, 4) is 11.1 Å². The highest BCUT2D eigenvalue weighted by Gasteiger charge is 2.00. The quantitative estimate of drug-likeness (QED) is 0.801. The molecule has 1 aromatic carbocycles. The molecule has 0 bridgehead atoms. The molecule has 17 heavy (non-hydrogen) atoms. The number of benzene rings is 1. The minimum Gasteiger partial charge on any atom is -0.495 e. The number of hydrogen-bond acceptors (Lipinski definition) is 2. The van der Waals surface area contributed by atoms with Gasteiger partial charge in [0.2, 0.25) is 0 Å². The molecule has 0 saturated carbocycles. The van der Waals surface area contributed by atoms with Crippen molar-refractivity contribution >= 4 is 28.3 Å². The van der Waals surface area contributed by atoms with E-state index in [4.69, 9.17) is 4.74 Å². The van der Waals surface area contributed by atoms with Crippen LogP contribution in [0.1, 0.15) is 0 Å². The zero-order valence-corrected chi connectivity index (χ0v) is 10.6. The number of halogens is 1. The van der Waals surface area contributed by atoms with Crippen LogP contribution in [0.2, 0.25) is 0 Å². The molecule has 0 atom stereocenters. The number of fused-ring (bicyclic) bond motifs is 1. The minimum absolute atomic E-state index is 0.623. The molecule has 3 rings (SSSR count). The van der Waals surface area contributed by atoms with Crippen LogP contribution in [0.4, 0.5) is 0 Å². The van der Waals surface area contributed by atoms with Gasteiger partial charge in [-0.15, -0.1) is 0 Å². The maximum atomic E-state index is 5.21. The molecule has 2 nitrogen and oxygen atoms in total. The van der Waals surface area contributed by atoms with Crippen LogP contribution in [-0.2, 0) is 4.74 Å². The van der Waals surface area contributed by atoms with E-state index in [0.29, 0.717) is 6.61 Å². The van der Waals surface area contributed by atoms with E-state index in [2.05, 4.69) is 39.1 Å². The summed E-state index contributed by atoms with van der Waals surface area (Å²) < 4.78 is 6.29. The fraction of sp³-hybridized carbons (Fsp3) is 0.0714. The van der Waals surface area contributed by atoms with Gasteiger partial charge in [-0.2, -0.15) is 0 Å². The van der Waals surface area contributed by atoms with E-state index >= 15 is 0 Å². The zero-order chi connectivity index (χ0) is 11.7. The van der Waals surface area contributed by atoms with Gasteiger partial charge >= 0.3 is 0 Å². The largest absolute Gasteiger partial charge is 0.495 e. The smallest absolute Gasteiger partial charge is 0.110 e. The summed E-state index contributed by atoms with van der Waals surface area (Å²) in [5, 5.41) is 2.04. The second-order valence-electron chi connectivity index (χ2n) is 3.86. The molecular weight excluding hydrogens is 278 g/mol. The Morgan fingerprint density at radius 3 is 2.76 bits per heavy atom. The molecular formula is C14H10BrNO. The predicted molar refractivity (Wildman–Crippen MR) is 71.5 cm³/mol. The first kappa shape index (κ1) is 10.5. The summed E-state index contributed by atoms with van der Waals surface area (Å²) in [6.07, 6.45) is 5.63. The van der Waals surface area contributed by atoms with Gasteiger partial charge in [0.1, 0.15) is 18.2 Å². The molecule has 0 radical (unpaired) electrons. The maximum Gasteiger partial charge on any atom is 0.110 e. The third-order valence-corrected chi connectivity index (χ3v) is 3.25. The van der Waals surface area contributed by atoms with E-state index in [-0.39, 0.29) is 0 Å². The van der Waals surface area contributed by atoms with Crippen LogP contribution >= 0.6 is 15.9 Å². The lowest BCUT2D eigenvalue weighted by Gasteiger charge is -2.05. The Kier molecular flexibility index (Phi) is 2.69. The average molecular weight is 288 g/mol. The molecule has 84 valence electrons. The topological polar surface area (TPSA) is 22.1 Å². The van der Waals surface area contributed by atoms with E-state index in [9.17, 15) is 0 Å². The molecule has 0 unspecified atom stereocenters. The SMILES string of the molecule is Brc1ccc(-c2cnc3c(c2)=CCOC=3)cc1. The Hall–Kier alpha value is -1.61. The van der Waals surface area contributed by atoms with Gasteiger partial charge in [0.05, 0.1) is 0 Å². The van der Waals surface area contributed by atoms with Crippen LogP contribution in [0.25, 0.3) is 23.5 Å². The molecule has 0 spiro atoms. The Balaban J connectivity index is 2.14. The third kappa shape index (κ3) is 2.11. The Morgan fingerprint density at radius 1 is 1.12 bits per heavy atom. The van der Waals surface area contributed by atoms with Crippen LogP contribution in [0.3, 0.4) is 0 Å². The molecule has 2 aromatic rings. The van der Waals surface area contributed by atoms with Gasteiger partial charge in [0, 0.05) is 21.5 Å². The summed E-state index contributed by atoms with van der Waals surface area (Å²) in [4.78, 5) is 4.39. The molecule has 0 saturated heterocycles. The van der Waals surface area contributed by atoms with Crippen molar-refractivity contribution in [2.75, 3.05) is 6.61 Å². The first-order chi connectivity index (χ1) is 8.33. The van der Waals surface area contributed by atoms with Crippen molar-refractivity contribution in [3.05, 3.63) is 51.6 Å². The highest BCUT2D eigenvalue weighted by molar-refractivity contribution is 9.10. The summed E-state index contributed by atoms with van der Waals surface area (Å²) in [5.74, 6) is 0. The first-order valence-corrected chi connectivity index (χ1v) is 6.16. The van der Waals surface area contributed by atoms with Crippen molar-refractivity contribution in [1.82, 2.24) is 4.98 Å². The van der Waals surface area contributed by atoms with Crippen molar-refractivity contribution in [2.45, 2.75) is 0 Å². The number of ether oxygens (including phenoxy) is 1. The number of pyridine rings is 1. The van der Waals surface area contributed by atoms with Crippen LogP contribution in [0, 0.1) is 0 Å². The highest BCUT2D eigenvalue weighted by Crippen LogP contribution is 2.19. The molecule has 1 aliphatic heterocycles. The fourth-order valence-electron chi connectivity index (χ4n) is 1.82. The molecule has 0 N–H and O–H groups in total. The average Bonchev–Trinajstić information content (AvgIpc) is 2.39. The van der Waals surface area contributed by atoms with Crippen molar-refractivity contribution in [3.63, 3.8) is 0 Å². The molecule has 3 heteroatoms. The number of nitrogens with zero attached hydrogens (tertiary/aromatic N) is 1. The standard InChI is InChI=1S/C14H10BrNO/c15-13-3-1-10(2-4-13)12-7-11-5-6-17-9-14(11)16-8-12/h1-5,7-9H,6H2. The van der Waals surface area contributed by atoms with E-state index in [1.54, 1.807) is 6.26 Å². The highest BCUT2D eigenvalue weighted by atomic mass is 79.9. The van der Waals surface area contributed by atoms with Crippen LogP contribution < -0.4 is 10.6 Å². The lowest BCUT2D eigenvalue weighted by atomic mass is 10.1. The first-order valence-electron chi connectivity index (χ1n) is 5.37. The summed E-state index contributed by atoms with van der Waals surface area (Å²) in [7, 11) is 0. The maximum absolute atomic E-state index is 5.21. The van der Waals surface area contributed by atoms with Gasteiger partial charge in [-0.25, -0.2) is 0 Å². The van der Waals surface area contributed by atoms with Crippen LogP contribution in [0.15, 0.2) is 41.0 Å². The minimum atomic E-state index is 0.623. The predicted octanol–water partition coefficient (Wildman–Crippen LogP) is 2.06. The summed E-state index contributed by atoms with van der Waals surface area (Å²) in [5.41, 5.74) is 2.30. The lowest BCUT2D eigenvalue weighted by Crippen LogP contribution is -2.31. The van der Waals surface area contributed by atoms with E-state index in [0.717, 1.165) is 20.6 Å². The normalized spacial score (nSPS) is 13.0. The zero-order valence-electron chi connectivity index (χ0n) is 9.06.